The topological polar surface area (TPSA) is 12.0 Å². The van der Waals surface area contributed by atoms with Crippen molar-refractivity contribution in [2.24, 2.45) is 0 Å². The van der Waals surface area contributed by atoms with Gasteiger partial charge in [-0.05, 0) is 32.9 Å². The summed E-state index contributed by atoms with van der Waals surface area (Å²) in [4.78, 5) is 0. The zero-order valence-corrected chi connectivity index (χ0v) is 10.2. The monoisotopic (exact) mass is 203 g/mol. The third kappa shape index (κ3) is 3.88. The molecule has 0 heterocycles. The van der Waals surface area contributed by atoms with Crippen molar-refractivity contribution in [3.63, 3.8) is 0 Å². The molecule has 0 saturated carbocycles. The Morgan fingerprint density at radius 1 is 1.33 bits per heavy atom. The Balaban J connectivity index is 2.73. The summed E-state index contributed by atoms with van der Waals surface area (Å²) in [5.74, 6) is 0. The van der Waals surface area contributed by atoms with Gasteiger partial charge in [-0.1, -0.05) is 48.4 Å². The van der Waals surface area contributed by atoms with E-state index in [0.717, 1.165) is 6.54 Å². The summed E-state index contributed by atoms with van der Waals surface area (Å²) >= 11 is 0. The maximum Gasteiger partial charge on any atom is 0.0251 e. The van der Waals surface area contributed by atoms with E-state index in [4.69, 9.17) is 0 Å². The van der Waals surface area contributed by atoms with Gasteiger partial charge in [0, 0.05) is 6.04 Å². The standard InChI is InChI=1S/C14H21N/c1-5-15-13(4)12(3)10-14-8-6-11(2)7-9-14/h6-10,13,15H,5H2,1-4H3/b12-10+. The van der Waals surface area contributed by atoms with Crippen molar-refractivity contribution in [1.82, 2.24) is 5.32 Å². The van der Waals surface area contributed by atoms with Gasteiger partial charge in [0.05, 0.1) is 0 Å². The van der Waals surface area contributed by atoms with Crippen LogP contribution in [0, 0.1) is 6.92 Å². The van der Waals surface area contributed by atoms with E-state index in [1.165, 1.54) is 16.7 Å². The average molecular weight is 203 g/mol. The molecular weight excluding hydrogens is 182 g/mol. The molecule has 0 fully saturated rings. The number of likely N-dealkylation sites (N-methyl/N-ethyl adjacent to an activating group) is 1. The summed E-state index contributed by atoms with van der Waals surface area (Å²) in [6, 6.07) is 9.08. The van der Waals surface area contributed by atoms with E-state index in [9.17, 15) is 0 Å². The molecule has 1 heteroatoms. The van der Waals surface area contributed by atoms with Crippen LogP contribution in [0.3, 0.4) is 0 Å². The fraction of sp³-hybridized carbons (Fsp3) is 0.429. The first-order valence-electron chi connectivity index (χ1n) is 5.61. The van der Waals surface area contributed by atoms with Crippen LogP contribution >= 0.6 is 0 Å². The van der Waals surface area contributed by atoms with Crippen molar-refractivity contribution >= 4 is 6.08 Å². The molecule has 0 aliphatic heterocycles. The molecule has 0 bridgehead atoms. The lowest BCUT2D eigenvalue weighted by molar-refractivity contribution is 0.636. The first-order valence-corrected chi connectivity index (χ1v) is 5.61. The minimum atomic E-state index is 0.455. The van der Waals surface area contributed by atoms with Gasteiger partial charge in [0.2, 0.25) is 0 Å². The van der Waals surface area contributed by atoms with Crippen LogP contribution < -0.4 is 5.32 Å². The Labute approximate surface area is 93.2 Å². The van der Waals surface area contributed by atoms with Gasteiger partial charge in [0.25, 0.3) is 0 Å². The van der Waals surface area contributed by atoms with Crippen LogP contribution in [0.4, 0.5) is 0 Å². The summed E-state index contributed by atoms with van der Waals surface area (Å²) in [6.45, 7) is 9.63. The molecule has 0 spiro atoms. The first kappa shape index (κ1) is 12.0. The molecule has 0 aliphatic rings. The molecule has 0 aromatic heterocycles. The van der Waals surface area contributed by atoms with E-state index < -0.39 is 0 Å². The van der Waals surface area contributed by atoms with Crippen LogP contribution in [0.2, 0.25) is 0 Å². The second-order valence-corrected chi connectivity index (χ2v) is 4.08. The quantitative estimate of drug-likeness (QED) is 0.791. The fourth-order valence-corrected chi connectivity index (χ4v) is 1.52. The normalized spacial score (nSPS) is 14.0. The van der Waals surface area contributed by atoms with Gasteiger partial charge in [-0.3, -0.25) is 0 Å². The number of hydrogen-bond acceptors (Lipinski definition) is 1. The summed E-state index contributed by atoms with van der Waals surface area (Å²) < 4.78 is 0. The molecule has 0 amide bonds. The highest BCUT2D eigenvalue weighted by molar-refractivity contribution is 5.53. The number of aryl methyl sites for hydroxylation is 1. The van der Waals surface area contributed by atoms with Crippen LogP contribution in [0.5, 0.6) is 0 Å². The molecule has 1 rings (SSSR count). The maximum atomic E-state index is 3.41. The third-order valence-electron chi connectivity index (χ3n) is 2.67. The van der Waals surface area contributed by atoms with Crippen molar-refractivity contribution in [1.29, 1.82) is 0 Å². The van der Waals surface area contributed by atoms with E-state index in [2.05, 4.69) is 63.4 Å². The molecule has 15 heavy (non-hydrogen) atoms. The molecule has 0 aliphatic carbocycles. The van der Waals surface area contributed by atoms with Crippen LogP contribution in [0.1, 0.15) is 31.9 Å². The van der Waals surface area contributed by atoms with Crippen LogP contribution in [0.15, 0.2) is 29.8 Å². The van der Waals surface area contributed by atoms with Gasteiger partial charge in [-0.2, -0.15) is 0 Å². The van der Waals surface area contributed by atoms with Crippen molar-refractivity contribution < 1.29 is 0 Å². The molecule has 1 atom stereocenters. The Morgan fingerprint density at radius 2 is 1.93 bits per heavy atom. The minimum Gasteiger partial charge on any atom is -0.311 e. The van der Waals surface area contributed by atoms with Gasteiger partial charge in [0.15, 0.2) is 0 Å². The van der Waals surface area contributed by atoms with Crippen molar-refractivity contribution in [2.45, 2.75) is 33.7 Å². The molecule has 0 radical (unpaired) electrons. The Bertz CT molecular complexity index is 322. The maximum absolute atomic E-state index is 3.41. The predicted octanol–water partition coefficient (Wildman–Crippen LogP) is 3.40. The smallest absolute Gasteiger partial charge is 0.0251 e. The highest BCUT2D eigenvalue weighted by Gasteiger charge is 2.01. The Kier molecular flexibility index (Phi) is 4.57. The lowest BCUT2D eigenvalue weighted by Crippen LogP contribution is -2.26. The SMILES string of the molecule is CCNC(C)/C(C)=C/c1ccc(C)cc1. The summed E-state index contributed by atoms with van der Waals surface area (Å²) in [5.41, 5.74) is 3.97. The highest BCUT2D eigenvalue weighted by Crippen LogP contribution is 2.10. The largest absolute Gasteiger partial charge is 0.311 e. The molecule has 1 unspecified atom stereocenters. The van der Waals surface area contributed by atoms with Gasteiger partial charge < -0.3 is 5.32 Å². The number of nitrogens with one attached hydrogen (secondary N) is 1. The van der Waals surface area contributed by atoms with E-state index in [-0.39, 0.29) is 0 Å². The van der Waals surface area contributed by atoms with E-state index >= 15 is 0 Å². The zero-order valence-electron chi connectivity index (χ0n) is 10.2. The van der Waals surface area contributed by atoms with Gasteiger partial charge in [0.1, 0.15) is 0 Å². The average Bonchev–Trinajstić information content (AvgIpc) is 2.22. The zero-order chi connectivity index (χ0) is 11.3. The van der Waals surface area contributed by atoms with Crippen LogP contribution in [0.25, 0.3) is 6.08 Å². The van der Waals surface area contributed by atoms with Gasteiger partial charge in [-0.15, -0.1) is 0 Å². The lowest BCUT2D eigenvalue weighted by Gasteiger charge is -2.12. The summed E-state index contributed by atoms with van der Waals surface area (Å²) in [5, 5.41) is 3.41. The third-order valence-corrected chi connectivity index (χ3v) is 2.67. The second-order valence-electron chi connectivity index (χ2n) is 4.08. The van der Waals surface area contributed by atoms with Gasteiger partial charge in [-0.25, -0.2) is 0 Å². The second kappa shape index (κ2) is 5.72. The van der Waals surface area contributed by atoms with Gasteiger partial charge >= 0.3 is 0 Å². The van der Waals surface area contributed by atoms with E-state index in [1.807, 2.05) is 0 Å². The minimum absolute atomic E-state index is 0.455. The Hall–Kier alpha value is -1.08. The van der Waals surface area contributed by atoms with Crippen molar-refractivity contribution in [3.8, 4) is 0 Å². The number of benzene rings is 1. The van der Waals surface area contributed by atoms with Crippen molar-refractivity contribution in [2.75, 3.05) is 6.54 Å². The first-order chi connectivity index (χ1) is 7.13. The molecule has 82 valence electrons. The molecule has 1 aromatic rings. The molecule has 1 N–H and O–H groups in total. The van der Waals surface area contributed by atoms with Crippen molar-refractivity contribution in [3.05, 3.63) is 41.0 Å². The molecule has 1 aromatic carbocycles. The summed E-state index contributed by atoms with van der Waals surface area (Å²) in [6.07, 6.45) is 2.24. The summed E-state index contributed by atoms with van der Waals surface area (Å²) in [7, 11) is 0. The number of hydrogen-bond donors (Lipinski definition) is 1. The molecule has 1 nitrogen and oxygen atoms in total. The van der Waals surface area contributed by atoms with E-state index in [1.54, 1.807) is 0 Å². The lowest BCUT2D eigenvalue weighted by atomic mass is 10.1. The predicted molar refractivity (Wildman–Crippen MR) is 68.0 cm³/mol. The number of rotatable bonds is 4. The van der Waals surface area contributed by atoms with Crippen LogP contribution in [-0.4, -0.2) is 12.6 Å². The molecular formula is C14H21N. The van der Waals surface area contributed by atoms with Crippen LogP contribution in [-0.2, 0) is 0 Å². The highest BCUT2D eigenvalue weighted by atomic mass is 14.9. The van der Waals surface area contributed by atoms with E-state index in [0.29, 0.717) is 6.04 Å². The molecule has 0 saturated heterocycles. The Morgan fingerprint density at radius 3 is 2.47 bits per heavy atom. The fourth-order valence-electron chi connectivity index (χ4n) is 1.52.